The van der Waals surface area contributed by atoms with Gasteiger partial charge in [0.05, 0.1) is 6.42 Å². The molecule has 2 aromatic rings. The van der Waals surface area contributed by atoms with Crippen LogP contribution in [0.1, 0.15) is 16.1 Å². The highest BCUT2D eigenvalue weighted by Gasteiger charge is 2.09. The molecule has 0 aliphatic heterocycles. The summed E-state index contributed by atoms with van der Waals surface area (Å²) >= 11 is 0. The fraction of sp³-hybridized carbons (Fsp3) is 0.143. The second-order valence-corrected chi connectivity index (χ2v) is 4.29. The Labute approximate surface area is 124 Å². The predicted octanol–water partition coefficient (Wildman–Crippen LogP) is 1.62. The maximum absolute atomic E-state index is 12.0. The number of nitrogens with one attached hydrogen (secondary N) is 3. The first-order chi connectivity index (χ1) is 10.5. The maximum atomic E-state index is 12.0. The van der Waals surface area contributed by atoms with E-state index < -0.39 is 18.4 Å². The topological polar surface area (TPSA) is 83.2 Å². The van der Waals surface area contributed by atoms with E-state index in [1.54, 1.807) is 18.3 Å². The Hall–Kier alpha value is -2.90. The van der Waals surface area contributed by atoms with Gasteiger partial charge in [0.25, 0.3) is 5.91 Å². The lowest BCUT2D eigenvalue weighted by molar-refractivity contribution is -0.121. The van der Waals surface area contributed by atoms with E-state index in [4.69, 9.17) is 0 Å². The number of hydrogen-bond acceptors (Lipinski definition) is 3. The summed E-state index contributed by atoms with van der Waals surface area (Å²) in [6.45, 7) is -2.89. The molecule has 0 saturated heterocycles. The van der Waals surface area contributed by atoms with E-state index in [9.17, 15) is 18.4 Å². The smallest absolute Gasteiger partial charge is 0.387 e. The number of amides is 2. The van der Waals surface area contributed by atoms with Crippen LogP contribution in [0.15, 0.2) is 42.6 Å². The lowest BCUT2D eigenvalue weighted by Crippen LogP contribution is -2.42. The molecule has 2 rings (SSSR count). The number of benzene rings is 1. The molecule has 0 unspecified atom stereocenters. The molecule has 1 aromatic heterocycles. The van der Waals surface area contributed by atoms with Crippen molar-refractivity contribution >= 4 is 11.8 Å². The van der Waals surface area contributed by atoms with Crippen LogP contribution in [-0.2, 0) is 11.2 Å². The summed E-state index contributed by atoms with van der Waals surface area (Å²) in [5.41, 5.74) is 5.41. The van der Waals surface area contributed by atoms with Gasteiger partial charge in [-0.3, -0.25) is 20.4 Å². The van der Waals surface area contributed by atoms with Crippen molar-refractivity contribution < 1.29 is 23.1 Å². The van der Waals surface area contributed by atoms with Crippen molar-refractivity contribution in [2.24, 2.45) is 0 Å². The van der Waals surface area contributed by atoms with Gasteiger partial charge in [0.2, 0.25) is 5.91 Å². The molecule has 6 nitrogen and oxygen atoms in total. The van der Waals surface area contributed by atoms with E-state index in [-0.39, 0.29) is 12.2 Å². The molecule has 0 radical (unpaired) electrons. The van der Waals surface area contributed by atoms with Gasteiger partial charge < -0.3 is 9.72 Å². The van der Waals surface area contributed by atoms with Crippen molar-refractivity contribution in [1.82, 2.24) is 15.8 Å². The minimum atomic E-state index is -2.89. The number of H-pyrrole nitrogens is 1. The highest BCUT2D eigenvalue weighted by atomic mass is 19.3. The van der Waals surface area contributed by atoms with Crippen molar-refractivity contribution in [3.8, 4) is 5.75 Å². The number of hydrogen-bond donors (Lipinski definition) is 3. The average molecular weight is 309 g/mol. The van der Waals surface area contributed by atoms with Gasteiger partial charge in [0.15, 0.2) is 0 Å². The normalized spacial score (nSPS) is 10.3. The second-order valence-electron chi connectivity index (χ2n) is 4.29. The number of hydrazine groups is 1. The second kappa shape index (κ2) is 7.21. The third-order valence-electron chi connectivity index (χ3n) is 2.67. The highest BCUT2D eigenvalue weighted by Crippen LogP contribution is 2.15. The molecule has 0 saturated carbocycles. The summed E-state index contributed by atoms with van der Waals surface area (Å²) in [6, 6.07) is 8.87. The number of ether oxygens (including phenoxy) is 1. The molecular weight excluding hydrogens is 296 g/mol. The first kappa shape index (κ1) is 15.5. The van der Waals surface area contributed by atoms with E-state index in [2.05, 4.69) is 20.6 Å². The minimum Gasteiger partial charge on any atom is -0.435 e. The molecule has 22 heavy (non-hydrogen) atoms. The van der Waals surface area contributed by atoms with Gasteiger partial charge in [0.1, 0.15) is 11.4 Å². The fourth-order valence-electron chi connectivity index (χ4n) is 1.68. The fourth-order valence-corrected chi connectivity index (χ4v) is 1.68. The Morgan fingerprint density at radius 3 is 2.45 bits per heavy atom. The molecule has 0 atom stereocenters. The van der Waals surface area contributed by atoms with Gasteiger partial charge >= 0.3 is 6.61 Å². The third-order valence-corrected chi connectivity index (χ3v) is 2.67. The van der Waals surface area contributed by atoms with E-state index in [0.717, 1.165) is 0 Å². The zero-order chi connectivity index (χ0) is 15.9. The Kier molecular flexibility index (Phi) is 5.07. The van der Waals surface area contributed by atoms with Crippen LogP contribution in [-0.4, -0.2) is 23.4 Å². The standard InChI is InChI=1S/C14H13F2N3O3/c15-14(16)22-10-5-3-9(4-6-10)8-12(20)18-19-13(21)11-2-1-7-17-11/h1-7,14,17H,8H2,(H,18,20)(H,19,21). The largest absolute Gasteiger partial charge is 0.435 e. The number of alkyl halides is 2. The number of aromatic nitrogens is 1. The van der Waals surface area contributed by atoms with Gasteiger partial charge in [0, 0.05) is 6.20 Å². The molecular formula is C14H13F2N3O3. The average Bonchev–Trinajstić information content (AvgIpc) is 3.00. The number of halogens is 2. The van der Waals surface area contributed by atoms with E-state index in [0.29, 0.717) is 11.3 Å². The highest BCUT2D eigenvalue weighted by molar-refractivity contribution is 5.93. The van der Waals surface area contributed by atoms with Crippen molar-refractivity contribution in [1.29, 1.82) is 0 Å². The van der Waals surface area contributed by atoms with Crippen LogP contribution in [0, 0.1) is 0 Å². The number of carbonyl (C=O) groups excluding carboxylic acids is 2. The van der Waals surface area contributed by atoms with Crippen LogP contribution in [0.3, 0.4) is 0 Å². The first-order valence-electron chi connectivity index (χ1n) is 6.31. The van der Waals surface area contributed by atoms with Crippen molar-refractivity contribution in [3.63, 3.8) is 0 Å². The van der Waals surface area contributed by atoms with Crippen LogP contribution in [0.2, 0.25) is 0 Å². The molecule has 8 heteroatoms. The van der Waals surface area contributed by atoms with Gasteiger partial charge in [-0.05, 0) is 29.8 Å². The van der Waals surface area contributed by atoms with Crippen LogP contribution < -0.4 is 15.6 Å². The Morgan fingerprint density at radius 2 is 1.86 bits per heavy atom. The van der Waals surface area contributed by atoms with Crippen LogP contribution in [0.4, 0.5) is 8.78 Å². The van der Waals surface area contributed by atoms with Crippen molar-refractivity contribution in [3.05, 3.63) is 53.9 Å². The third kappa shape index (κ3) is 4.58. The molecule has 0 aliphatic rings. The van der Waals surface area contributed by atoms with Crippen LogP contribution in [0.5, 0.6) is 5.75 Å². The molecule has 0 bridgehead atoms. The lowest BCUT2D eigenvalue weighted by Gasteiger charge is -2.07. The van der Waals surface area contributed by atoms with E-state index >= 15 is 0 Å². The van der Waals surface area contributed by atoms with Crippen LogP contribution >= 0.6 is 0 Å². The molecule has 3 N–H and O–H groups in total. The molecule has 0 fully saturated rings. The van der Waals surface area contributed by atoms with Crippen molar-refractivity contribution in [2.75, 3.05) is 0 Å². The summed E-state index contributed by atoms with van der Waals surface area (Å²) < 4.78 is 28.2. The zero-order valence-electron chi connectivity index (χ0n) is 11.3. The van der Waals surface area contributed by atoms with Crippen molar-refractivity contribution in [2.45, 2.75) is 13.0 Å². The van der Waals surface area contributed by atoms with Gasteiger partial charge in [-0.15, -0.1) is 0 Å². The first-order valence-corrected chi connectivity index (χ1v) is 6.31. The lowest BCUT2D eigenvalue weighted by atomic mass is 10.1. The van der Waals surface area contributed by atoms with Gasteiger partial charge in [-0.1, -0.05) is 12.1 Å². The van der Waals surface area contributed by atoms with Crippen LogP contribution in [0.25, 0.3) is 0 Å². The molecule has 1 heterocycles. The summed E-state index contributed by atoms with van der Waals surface area (Å²) in [5.74, 6) is -0.902. The summed E-state index contributed by atoms with van der Waals surface area (Å²) in [5, 5.41) is 0. The monoisotopic (exact) mass is 309 g/mol. The van der Waals surface area contributed by atoms with Gasteiger partial charge in [-0.2, -0.15) is 8.78 Å². The maximum Gasteiger partial charge on any atom is 0.387 e. The summed E-state index contributed by atoms with van der Waals surface area (Å²) in [4.78, 5) is 25.9. The summed E-state index contributed by atoms with van der Waals surface area (Å²) in [6.07, 6.45) is 1.57. The molecule has 116 valence electrons. The van der Waals surface area contributed by atoms with E-state index in [1.165, 1.54) is 24.3 Å². The van der Waals surface area contributed by atoms with E-state index in [1.807, 2.05) is 0 Å². The Bertz CT molecular complexity index is 627. The number of aromatic amines is 1. The zero-order valence-corrected chi connectivity index (χ0v) is 11.3. The summed E-state index contributed by atoms with van der Waals surface area (Å²) in [7, 11) is 0. The molecule has 2 amide bonds. The van der Waals surface area contributed by atoms with Gasteiger partial charge in [-0.25, -0.2) is 0 Å². The SMILES string of the molecule is O=C(Cc1ccc(OC(F)F)cc1)NNC(=O)c1ccc[nH]1. The molecule has 0 aliphatic carbocycles. The molecule has 1 aromatic carbocycles. The Balaban J connectivity index is 1.80. The number of rotatable bonds is 5. The predicted molar refractivity (Wildman–Crippen MR) is 73.2 cm³/mol. The quantitative estimate of drug-likeness (QED) is 0.734. The molecule has 0 spiro atoms. The number of carbonyl (C=O) groups is 2. The minimum absolute atomic E-state index is 0.0132. The Morgan fingerprint density at radius 1 is 1.14 bits per heavy atom.